The van der Waals surface area contributed by atoms with Gasteiger partial charge in [-0.1, -0.05) is 24.6 Å². The summed E-state index contributed by atoms with van der Waals surface area (Å²) in [6.07, 6.45) is 3.73. The Balaban J connectivity index is 2.45. The quantitative estimate of drug-likeness (QED) is 0.372. The molecule has 2 rings (SSSR count). The Hall–Kier alpha value is -1.38. The van der Waals surface area contributed by atoms with Gasteiger partial charge in [0, 0.05) is 5.92 Å². The standard InChI is InChI=1S/C12H14O3/c1-4-8-5-6(2)7(3)9-10(8)12(14)15-11(9)13/h4-5,7-10H,1H2,2-3H3. The molecular weight excluding hydrogens is 192 g/mol. The summed E-state index contributed by atoms with van der Waals surface area (Å²) in [6, 6.07) is 0. The van der Waals surface area contributed by atoms with Crippen molar-refractivity contribution in [3.05, 3.63) is 24.3 Å². The number of cyclic esters (lactones) is 2. The number of ether oxygens (including phenoxy) is 1. The Labute approximate surface area is 88.8 Å². The zero-order valence-electron chi connectivity index (χ0n) is 8.90. The molecule has 3 nitrogen and oxygen atoms in total. The van der Waals surface area contributed by atoms with E-state index in [0.29, 0.717) is 0 Å². The van der Waals surface area contributed by atoms with Gasteiger partial charge in [-0.05, 0) is 12.8 Å². The van der Waals surface area contributed by atoms with Crippen molar-refractivity contribution in [3.8, 4) is 0 Å². The second-order valence-corrected chi connectivity index (χ2v) is 4.30. The van der Waals surface area contributed by atoms with Crippen molar-refractivity contribution in [3.63, 3.8) is 0 Å². The van der Waals surface area contributed by atoms with E-state index in [1.807, 2.05) is 19.9 Å². The number of esters is 2. The lowest BCUT2D eigenvalue weighted by molar-refractivity contribution is -0.154. The van der Waals surface area contributed by atoms with Crippen LogP contribution in [0.25, 0.3) is 0 Å². The van der Waals surface area contributed by atoms with Crippen LogP contribution in [0.3, 0.4) is 0 Å². The fraction of sp³-hybridized carbons (Fsp3) is 0.500. The highest BCUT2D eigenvalue weighted by molar-refractivity contribution is 5.97. The molecule has 1 saturated heterocycles. The van der Waals surface area contributed by atoms with Crippen LogP contribution in [-0.4, -0.2) is 11.9 Å². The van der Waals surface area contributed by atoms with Gasteiger partial charge >= 0.3 is 11.9 Å². The number of carbonyl (C=O) groups excluding carboxylic acids is 2. The van der Waals surface area contributed by atoms with E-state index < -0.39 is 5.97 Å². The average molecular weight is 206 g/mol. The lowest BCUT2D eigenvalue weighted by Crippen LogP contribution is -2.33. The van der Waals surface area contributed by atoms with Crippen LogP contribution < -0.4 is 0 Å². The maximum atomic E-state index is 11.5. The van der Waals surface area contributed by atoms with Gasteiger partial charge in [0.15, 0.2) is 0 Å². The maximum absolute atomic E-state index is 11.5. The van der Waals surface area contributed by atoms with E-state index >= 15 is 0 Å². The second kappa shape index (κ2) is 3.33. The van der Waals surface area contributed by atoms with E-state index in [2.05, 4.69) is 6.58 Å². The Morgan fingerprint density at radius 3 is 2.53 bits per heavy atom. The Bertz CT molecular complexity index is 367. The van der Waals surface area contributed by atoms with E-state index in [0.717, 1.165) is 5.57 Å². The Morgan fingerprint density at radius 2 is 1.93 bits per heavy atom. The van der Waals surface area contributed by atoms with E-state index in [9.17, 15) is 9.59 Å². The molecule has 0 spiro atoms. The van der Waals surface area contributed by atoms with E-state index in [1.165, 1.54) is 0 Å². The molecule has 1 aliphatic heterocycles. The summed E-state index contributed by atoms with van der Waals surface area (Å²) in [5, 5.41) is 0. The minimum Gasteiger partial charge on any atom is -0.393 e. The van der Waals surface area contributed by atoms with Crippen LogP contribution in [0.4, 0.5) is 0 Å². The number of allylic oxidation sites excluding steroid dienone is 3. The normalized spacial score (nSPS) is 39.5. The first-order chi connectivity index (χ1) is 7.06. The second-order valence-electron chi connectivity index (χ2n) is 4.30. The zero-order chi connectivity index (χ0) is 11.2. The molecule has 1 aliphatic carbocycles. The van der Waals surface area contributed by atoms with Gasteiger partial charge < -0.3 is 4.74 Å². The van der Waals surface area contributed by atoms with Gasteiger partial charge in [0.2, 0.25) is 0 Å². The van der Waals surface area contributed by atoms with Crippen LogP contribution in [0.2, 0.25) is 0 Å². The fourth-order valence-electron chi connectivity index (χ4n) is 2.50. The summed E-state index contributed by atoms with van der Waals surface area (Å²) in [5.74, 6) is -1.42. The van der Waals surface area contributed by atoms with Crippen molar-refractivity contribution in [1.82, 2.24) is 0 Å². The SMILES string of the molecule is C=CC1C=C(C)C(C)C2C(=O)OC(=O)C12. The molecule has 4 unspecified atom stereocenters. The molecule has 3 heteroatoms. The maximum Gasteiger partial charge on any atom is 0.318 e. The highest BCUT2D eigenvalue weighted by Gasteiger charge is 2.51. The molecule has 0 amide bonds. The van der Waals surface area contributed by atoms with Crippen LogP contribution in [-0.2, 0) is 14.3 Å². The third-order valence-corrected chi connectivity index (χ3v) is 3.53. The molecule has 2 aliphatic rings. The lowest BCUT2D eigenvalue weighted by Gasteiger charge is -2.30. The molecular formula is C12H14O3. The average Bonchev–Trinajstić information content (AvgIpc) is 2.48. The summed E-state index contributed by atoms with van der Waals surface area (Å²) in [5.41, 5.74) is 1.13. The zero-order valence-corrected chi connectivity index (χ0v) is 8.90. The smallest absolute Gasteiger partial charge is 0.318 e. The highest BCUT2D eigenvalue weighted by Crippen LogP contribution is 2.43. The first-order valence-electron chi connectivity index (χ1n) is 5.12. The van der Waals surface area contributed by atoms with Gasteiger partial charge in [-0.3, -0.25) is 9.59 Å². The third kappa shape index (κ3) is 1.34. The molecule has 4 atom stereocenters. The number of carbonyl (C=O) groups is 2. The topological polar surface area (TPSA) is 43.4 Å². The van der Waals surface area contributed by atoms with Crippen LogP contribution in [0.1, 0.15) is 13.8 Å². The molecule has 15 heavy (non-hydrogen) atoms. The molecule has 0 N–H and O–H groups in total. The molecule has 1 fully saturated rings. The highest BCUT2D eigenvalue weighted by atomic mass is 16.6. The molecule has 0 aromatic rings. The molecule has 0 saturated carbocycles. The van der Waals surface area contributed by atoms with Gasteiger partial charge in [0.25, 0.3) is 0 Å². The molecule has 80 valence electrons. The first kappa shape index (κ1) is 10.1. The predicted octanol–water partition coefficient (Wildman–Crippen LogP) is 1.70. The van der Waals surface area contributed by atoms with Gasteiger partial charge in [-0.2, -0.15) is 0 Å². The Morgan fingerprint density at radius 1 is 1.33 bits per heavy atom. The van der Waals surface area contributed by atoms with Crippen LogP contribution >= 0.6 is 0 Å². The van der Waals surface area contributed by atoms with Crippen molar-refractivity contribution >= 4 is 11.9 Å². The summed E-state index contributed by atoms with van der Waals surface area (Å²) >= 11 is 0. The summed E-state index contributed by atoms with van der Waals surface area (Å²) in [4.78, 5) is 23.1. The summed E-state index contributed by atoms with van der Waals surface area (Å²) < 4.78 is 4.70. The predicted molar refractivity (Wildman–Crippen MR) is 54.7 cm³/mol. The van der Waals surface area contributed by atoms with E-state index in [4.69, 9.17) is 4.74 Å². The van der Waals surface area contributed by atoms with Gasteiger partial charge in [-0.15, -0.1) is 6.58 Å². The molecule has 0 radical (unpaired) electrons. The fourth-order valence-corrected chi connectivity index (χ4v) is 2.50. The monoisotopic (exact) mass is 206 g/mol. The van der Waals surface area contributed by atoms with Crippen molar-refractivity contribution in [2.45, 2.75) is 13.8 Å². The summed E-state index contributed by atoms with van der Waals surface area (Å²) in [6.45, 7) is 7.64. The van der Waals surface area contributed by atoms with Crippen LogP contribution in [0.15, 0.2) is 24.3 Å². The molecule has 0 aromatic carbocycles. The van der Waals surface area contributed by atoms with Gasteiger partial charge in [0.1, 0.15) is 0 Å². The Kier molecular flexibility index (Phi) is 2.25. The van der Waals surface area contributed by atoms with E-state index in [1.54, 1.807) is 6.08 Å². The molecule has 1 heterocycles. The van der Waals surface area contributed by atoms with Crippen molar-refractivity contribution in [2.24, 2.45) is 23.7 Å². The minimum atomic E-state index is -0.398. The molecule has 0 bridgehead atoms. The number of hydrogen-bond donors (Lipinski definition) is 0. The third-order valence-electron chi connectivity index (χ3n) is 3.53. The minimum absolute atomic E-state index is 0.0647. The van der Waals surface area contributed by atoms with Crippen molar-refractivity contribution < 1.29 is 14.3 Å². The number of hydrogen-bond acceptors (Lipinski definition) is 3. The van der Waals surface area contributed by atoms with Crippen LogP contribution in [0, 0.1) is 23.7 Å². The van der Waals surface area contributed by atoms with E-state index in [-0.39, 0.29) is 29.6 Å². The molecule has 0 aromatic heterocycles. The van der Waals surface area contributed by atoms with Crippen molar-refractivity contribution in [1.29, 1.82) is 0 Å². The number of rotatable bonds is 1. The van der Waals surface area contributed by atoms with Gasteiger partial charge in [-0.25, -0.2) is 0 Å². The number of fused-ring (bicyclic) bond motifs is 1. The van der Waals surface area contributed by atoms with Gasteiger partial charge in [0.05, 0.1) is 11.8 Å². The van der Waals surface area contributed by atoms with Crippen LogP contribution in [0.5, 0.6) is 0 Å². The first-order valence-corrected chi connectivity index (χ1v) is 5.12. The lowest BCUT2D eigenvalue weighted by atomic mass is 9.69. The van der Waals surface area contributed by atoms with Crippen molar-refractivity contribution in [2.75, 3.05) is 0 Å². The largest absolute Gasteiger partial charge is 0.393 e. The summed E-state index contributed by atoms with van der Waals surface area (Å²) in [7, 11) is 0.